The highest BCUT2D eigenvalue weighted by molar-refractivity contribution is 5.99. The fourth-order valence-corrected chi connectivity index (χ4v) is 5.09. The summed E-state index contributed by atoms with van der Waals surface area (Å²) in [5.74, 6) is 1.80. The van der Waals surface area contributed by atoms with Gasteiger partial charge in [0, 0.05) is 29.6 Å². The van der Waals surface area contributed by atoms with Crippen molar-refractivity contribution in [2.45, 2.75) is 37.9 Å². The Hall–Kier alpha value is -3.56. The number of amides is 2. The van der Waals surface area contributed by atoms with Gasteiger partial charge >= 0.3 is 6.03 Å². The van der Waals surface area contributed by atoms with Crippen molar-refractivity contribution < 1.29 is 9.53 Å². The summed E-state index contributed by atoms with van der Waals surface area (Å²) in [5.41, 5.74) is 4.60. The lowest BCUT2D eigenvalue weighted by molar-refractivity contribution is 0.0901. The molecular weight excluding hydrogens is 430 g/mol. The van der Waals surface area contributed by atoms with Crippen molar-refractivity contribution in [3.63, 3.8) is 0 Å². The SMILES string of the molecule is O=C(Nc1ccc(-c2nc3c(c(N4C5CCC4COC5)n2)CCNC3)cc1)Nc1cccnc1. The number of morpholine rings is 1. The normalized spacial score (nSPS) is 21.1. The number of carbonyl (C=O) groups excluding carboxylic acids is 1. The molecule has 0 aliphatic carbocycles. The smallest absolute Gasteiger partial charge is 0.323 e. The number of nitrogens with zero attached hydrogens (tertiary/aromatic N) is 4. The number of carbonyl (C=O) groups is 1. The lowest BCUT2D eigenvalue weighted by Crippen LogP contribution is -2.47. The first-order chi connectivity index (χ1) is 16.7. The minimum Gasteiger partial charge on any atom is -0.377 e. The number of rotatable bonds is 4. The minimum absolute atomic E-state index is 0.318. The predicted molar refractivity (Wildman–Crippen MR) is 130 cm³/mol. The van der Waals surface area contributed by atoms with Crippen LogP contribution in [0.15, 0.2) is 48.8 Å². The van der Waals surface area contributed by atoms with E-state index in [0.717, 1.165) is 68.5 Å². The minimum atomic E-state index is -0.318. The fraction of sp³-hybridized carbons (Fsp3) is 0.360. The third kappa shape index (κ3) is 4.08. The average Bonchev–Trinajstić information content (AvgIpc) is 3.11. The van der Waals surface area contributed by atoms with Crippen molar-refractivity contribution in [2.24, 2.45) is 0 Å². The first-order valence-corrected chi connectivity index (χ1v) is 11.8. The van der Waals surface area contributed by atoms with Gasteiger partial charge in [-0.25, -0.2) is 14.8 Å². The Morgan fingerprint density at radius 1 is 1.03 bits per heavy atom. The molecule has 2 unspecified atom stereocenters. The number of hydrogen-bond acceptors (Lipinski definition) is 7. The summed E-state index contributed by atoms with van der Waals surface area (Å²) in [6.07, 6.45) is 6.51. The van der Waals surface area contributed by atoms with Crippen molar-refractivity contribution in [2.75, 3.05) is 35.3 Å². The highest BCUT2D eigenvalue weighted by atomic mass is 16.5. The molecule has 3 aromatic rings. The van der Waals surface area contributed by atoms with E-state index >= 15 is 0 Å². The first kappa shape index (κ1) is 21.0. The number of nitrogens with one attached hydrogen (secondary N) is 3. The summed E-state index contributed by atoms with van der Waals surface area (Å²) >= 11 is 0. The number of benzene rings is 1. The van der Waals surface area contributed by atoms with Crippen LogP contribution in [-0.2, 0) is 17.7 Å². The lowest BCUT2D eigenvalue weighted by Gasteiger charge is -2.37. The highest BCUT2D eigenvalue weighted by Crippen LogP contribution is 2.37. The van der Waals surface area contributed by atoms with Crippen LogP contribution in [0.3, 0.4) is 0 Å². The molecule has 0 spiro atoms. The quantitative estimate of drug-likeness (QED) is 0.553. The molecule has 2 atom stereocenters. The lowest BCUT2D eigenvalue weighted by atomic mass is 10.0. The van der Waals surface area contributed by atoms with E-state index in [4.69, 9.17) is 14.7 Å². The van der Waals surface area contributed by atoms with Gasteiger partial charge in [0.1, 0.15) is 5.82 Å². The van der Waals surface area contributed by atoms with Crippen molar-refractivity contribution >= 4 is 23.2 Å². The van der Waals surface area contributed by atoms with E-state index in [-0.39, 0.29) is 6.03 Å². The third-order valence-corrected chi connectivity index (χ3v) is 6.72. The second-order valence-corrected chi connectivity index (χ2v) is 8.95. The van der Waals surface area contributed by atoms with Gasteiger partial charge in [0.15, 0.2) is 5.82 Å². The number of urea groups is 1. The van der Waals surface area contributed by atoms with Crippen LogP contribution in [0, 0.1) is 0 Å². The van der Waals surface area contributed by atoms with Crippen molar-refractivity contribution in [1.82, 2.24) is 20.3 Å². The Balaban J connectivity index is 1.25. The molecule has 9 nitrogen and oxygen atoms in total. The maximum Gasteiger partial charge on any atom is 0.323 e. The number of fused-ring (bicyclic) bond motifs is 3. The Kier molecular flexibility index (Phi) is 5.56. The second-order valence-electron chi connectivity index (χ2n) is 8.95. The van der Waals surface area contributed by atoms with Crippen molar-refractivity contribution in [1.29, 1.82) is 0 Å². The molecule has 2 aromatic heterocycles. The van der Waals surface area contributed by atoms with E-state index < -0.39 is 0 Å². The zero-order valence-electron chi connectivity index (χ0n) is 18.8. The van der Waals surface area contributed by atoms with E-state index in [1.807, 2.05) is 24.3 Å². The van der Waals surface area contributed by atoms with Crippen molar-refractivity contribution in [3.8, 4) is 11.4 Å². The van der Waals surface area contributed by atoms with E-state index in [9.17, 15) is 4.79 Å². The monoisotopic (exact) mass is 457 g/mol. The van der Waals surface area contributed by atoms with E-state index in [0.29, 0.717) is 23.5 Å². The Labute approximate surface area is 198 Å². The molecule has 3 N–H and O–H groups in total. The second kappa shape index (κ2) is 9.00. The zero-order chi connectivity index (χ0) is 22.9. The van der Waals surface area contributed by atoms with E-state index in [1.165, 1.54) is 5.56 Å². The molecule has 2 bridgehead atoms. The number of pyridine rings is 1. The summed E-state index contributed by atoms with van der Waals surface area (Å²) < 4.78 is 5.81. The predicted octanol–water partition coefficient (Wildman–Crippen LogP) is 3.20. The standard InChI is InChI=1S/C25H27N7O2/c33-25(29-18-2-1-10-26-12-18)28-17-5-3-16(4-6-17)23-30-22-13-27-11-9-21(22)24(31-23)32-19-7-8-20(32)15-34-14-19/h1-6,10,12,19-20,27H,7-9,11,13-15H2,(H2,28,29,33). The summed E-state index contributed by atoms with van der Waals surface area (Å²) in [4.78, 5) is 28.8. The largest absolute Gasteiger partial charge is 0.377 e. The molecule has 34 heavy (non-hydrogen) atoms. The Morgan fingerprint density at radius 3 is 2.59 bits per heavy atom. The molecule has 0 radical (unpaired) electrons. The van der Waals surface area contributed by atoms with Gasteiger partial charge in [0.05, 0.1) is 42.9 Å². The molecule has 3 aliphatic rings. The summed E-state index contributed by atoms with van der Waals surface area (Å²) in [5, 5.41) is 9.07. The van der Waals surface area contributed by atoms with Gasteiger partial charge in [-0.1, -0.05) is 0 Å². The van der Waals surface area contributed by atoms with Crippen LogP contribution in [-0.4, -0.2) is 52.8 Å². The maximum absolute atomic E-state index is 12.3. The van der Waals surface area contributed by atoms with Crippen LogP contribution >= 0.6 is 0 Å². The van der Waals surface area contributed by atoms with Crippen LogP contribution in [0.25, 0.3) is 11.4 Å². The van der Waals surface area contributed by atoms with Gasteiger partial charge < -0.3 is 25.6 Å². The highest BCUT2D eigenvalue weighted by Gasteiger charge is 2.40. The van der Waals surface area contributed by atoms with E-state index in [2.05, 4.69) is 25.8 Å². The van der Waals surface area contributed by atoms with Gasteiger partial charge in [-0.3, -0.25) is 4.98 Å². The van der Waals surface area contributed by atoms with Crippen LogP contribution in [0.2, 0.25) is 0 Å². The van der Waals surface area contributed by atoms with Crippen LogP contribution < -0.4 is 20.9 Å². The van der Waals surface area contributed by atoms with Crippen LogP contribution in [0.5, 0.6) is 0 Å². The summed E-state index contributed by atoms with van der Waals surface area (Å²) in [6.45, 7) is 3.24. The van der Waals surface area contributed by atoms with Crippen LogP contribution in [0.4, 0.5) is 22.0 Å². The fourth-order valence-electron chi connectivity index (χ4n) is 5.09. The topological polar surface area (TPSA) is 104 Å². The zero-order valence-corrected chi connectivity index (χ0v) is 18.8. The molecule has 6 rings (SSSR count). The first-order valence-electron chi connectivity index (χ1n) is 11.8. The van der Waals surface area contributed by atoms with Crippen LogP contribution in [0.1, 0.15) is 24.1 Å². The third-order valence-electron chi connectivity index (χ3n) is 6.72. The number of ether oxygens (including phenoxy) is 1. The Bertz CT molecular complexity index is 1170. The molecule has 0 saturated carbocycles. The summed E-state index contributed by atoms with van der Waals surface area (Å²) in [7, 11) is 0. The number of anilines is 3. The molecule has 1 aromatic carbocycles. The molecule has 2 saturated heterocycles. The molecule has 5 heterocycles. The number of hydrogen-bond donors (Lipinski definition) is 3. The number of aromatic nitrogens is 3. The molecule has 3 aliphatic heterocycles. The van der Waals surface area contributed by atoms with Gasteiger partial charge in [-0.2, -0.15) is 0 Å². The van der Waals surface area contributed by atoms with Gasteiger partial charge in [-0.15, -0.1) is 0 Å². The maximum atomic E-state index is 12.3. The average molecular weight is 458 g/mol. The summed E-state index contributed by atoms with van der Waals surface area (Å²) in [6, 6.07) is 11.7. The molecule has 9 heteroatoms. The van der Waals surface area contributed by atoms with Gasteiger partial charge in [0.25, 0.3) is 0 Å². The Morgan fingerprint density at radius 2 is 1.82 bits per heavy atom. The van der Waals surface area contributed by atoms with Gasteiger partial charge in [0.2, 0.25) is 0 Å². The van der Waals surface area contributed by atoms with E-state index in [1.54, 1.807) is 24.5 Å². The molecular formula is C25H27N7O2. The molecule has 174 valence electrons. The van der Waals surface area contributed by atoms with Gasteiger partial charge in [-0.05, 0) is 62.2 Å². The van der Waals surface area contributed by atoms with Crippen molar-refractivity contribution in [3.05, 3.63) is 60.0 Å². The molecule has 2 amide bonds. The molecule has 2 fully saturated rings.